The van der Waals surface area contributed by atoms with Crippen LogP contribution in [0.1, 0.15) is 41.0 Å². The van der Waals surface area contributed by atoms with Crippen LogP contribution < -0.4 is 5.14 Å². The van der Waals surface area contributed by atoms with Crippen LogP contribution in [0.15, 0.2) is 17.3 Å². The monoisotopic (exact) mass is 356 g/mol. The minimum absolute atomic E-state index is 0.00272. The predicted octanol–water partition coefficient (Wildman–Crippen LogP) is 2.65. The van der Waals surface area contributed by atoms with Crippen LogP contribution in [0.2, 0.25) is 0 Å². The summed E-state index contributed by atoms with van der Waals surface area (Å²) in [5, 5.41) is 10.7. The van der Waals surface area contributed by atoms with Crippen molar-refractivity contribution in [3.8, 4) is 0 Å². The number of nitrogens with two attached hydrogens (primary N) is 1. The van der Waals surface area contributed by atoms with Crippen LogP contribution in [0, 0.1) is 0 Å². The molecular weight excluding hydrogens is 328 g/mol. The molecule has 1 saturated heterocycles. The van der Waals surface area contributed by atoms with Gasteiger partial charge in [-0.2, -0.15) is 5.10 Å². The Labute approximate surface area is 148 Å². The lowest BCUT2D eigenvalue weighted by Crippen LogP contribution is -2.45. The molecule has 0 aliphatic carbocycles. The van der Waals surface area contributed by atoms with Gasteiger partial charge in [0.25, 0.3) is 0 Å². The number of carbonyl (C=O) groups is 1. The number of amides is 1. The number of likely N-dealkylation sites (tertiary alicyclic amines) is 1. The third kappa shape index (κ3) is 4.87. The zero-order valence-electron chi connectivity index (χ0n) is 15.1. The fourth-order valence-corrected chi connectivity index (χ4v) is 3.23. The zero-order chi connectivity index (χ0) is 18.0. The normalized spacial score (nSPS) is 20.4. The van der Waals surface area contributed by atoms with Crippen molar-refractivity contribution in [1.29, 1.82) is 0 Å². The second-order valence-corrected chi connectivity index (χ2v) is 8.26. The average Bonchev–Trinajstić information content (AvgIpc) is 3.00. The molecule has 1 aromatic rings. The summed E-state index contributed by atoms with van der Waals surface area (Å²) in [5.41, 5.74) is -0.778. The summed E-state index contributed by atoms with van der Waals surface area (Å²) < 4.78 is 13.3. The van der Waals surface area contributed by atoms with Crippen molar-refractivity contribution in [3.05, 3.63) is 12.3 Å². The van der Waals surface area contributed by atoms with Gasteiger partial charge in [0.05, 0.1) is 32.0 Å². The largest absolute Gasteiger partial charge is 0.444 e. The quantitative estimate of drug-likeness (QED) is 0.817. The van der Waals surface area contributed by atoms with E-state index in [1.165, 1.54) is 11.9 Å². The molecule has 8 heteroatoms. The van der Waals surface area contributed by atoms with Crippen LogP contribution in [0.5, 0.6) is 0 Å². The van der Waals surface area contributed by atoms with Gasteiger partial charge < -0.3 is 14.4 Å². The first-order valence-electron chi connectivity index (χ1n) is 8.13. The minimum Gasteiger partial charge on any atom is -0.444 e. The van der Waals surface area contributed by atoms with Crippen LogP contribution in [0.3, 0.4) is 0 Å². The lowest BCUT2D eigenvalue weighted by molar-refractivity contribution is 0.00968. The lowest BCUT2D eigenvalue weighted by Gasteiger charge is -2.33. The van der Waals surface area contributed by atoms with Gasteiger partial charge >= 0.3 is 6.09 Å². The summed E-state index contributed by atoms with van der Waals surface area (Å²) in [4.78, 5) is 14.1. The second kappa shape index (κ2) is 7.33. The molecule has 2 N–H and O–H groups in total. The van der Waals surface area contributed by atoms with E-state index in [4.69, 9.17) is 14.6 Å². The van der Waals surface area contributed by atoms with Crippen LogP contribution >= 0.6 is 11.9 Å². The molecule has 2 rings (SSSR count). The van der Waals surface area contributed by atoms with E-state index in [1.54, 1.807) is 11.1 Å². The number of carbonyl (C=O) groups excluding carboxylic acids is 1. The van der Waals surface area contributed by atoms with E-state index in [2.05, 4.69) is 5.10 Å². The maximum Gasteiger partial charge on any atom is 0.410 e. The fourth-order valence-electron chi connectivity index (χ4n) is 2.83. The first kappa shape index (κ1) is 19.1. The molecule has 1 aliphatic heterocycles. The van der Waals surface area contributed by atoms with Crippen molar-refractivity contribution < 1.29 is 14.3 Å². The third-order valence-corrected chi connectivity index (χ3v) is 4.50. The Bertz CT molecular complexity index is 568. The molecule has 24 heavy (non-hydrogen) atoms. The van der Waals surface area contributed by atoms with Gasteiger partial charge in [-0.1, -0.05) is 0 Å². The molecule has 1 aliphatic rings. The van der Waals surface area contributed by atoms with Gasteiger partial charge in [-0.15, -0.1) is 0 Å². The summed E-state index contributed by atoms with van der Waals surface area (Å²) >= 11 is 1.17. The Morgan fingerprint density at radius 2 is 2.21 bits per heavy atom. The molecule has 7 nitrogen and oxygen atoms in total. The first-order valence-corrected chi connectivity index (χ1v) is 9.01. The van der Waals surface area contributed by atoms with Crippen molar-refractivity contribution in [2.45, 2.75) is 69.9 Å². The van der Waals surface area contributed by atoms with Crippen molar-refractivity contribution in [1.82, 2.24) is 14.7 Å². The van der Waals surface area contributed by atoms with Gasteiger partial charge in [-0.05, 0) is 59.1 Å². The number of aromatic nitrogens is 2. The average molecular weight is 356 g/mol. The molecule has 1 unspecified atom stereocenters. The molecule has 1 fully saturated rings. The summed E-state index contributed by atoms with van der Waals surface area (Å²) in [7, 11) is 0. The maximum absolute atomic E-state index is 12.4. The number of nitrogens with zero attached hydrogens (tertiary/aromatic N) is 3. The van der Waals surface area contributed by atoms with Crippen molar-refractivity contribution in [2.24, 2.45) is 5.14 Å². The van der Waals surface area contributed by atoms with Crippen molar-refractivity contribution in [2.75, 3.05) is 13.2 Å². The highest BCUT2D eigenvalue weighted by Crippen LogP contribution is 2.31. The lowest BCUT2D eigenvalue weighted by atomic mass is 10.0. The highest BCUT2D eigenvalue weighted by molar-refractivity contribution is 7.97. The highest BCUT2D eigenvalue weighted by atomic mass is 32.2. The van der Waals surface area contributed by atoms with E-state index < -0.39 is 5.60 Å². The van der Waals surface area contributed by atoms with Crippen molar-refractivity contribution >= 4 is 18.0 Å². The van der Waals surface area contributed by atoms with Crippen LogP contribution in [-0.4, -0.2) is 51.2 Å². The third-order valence-electron chi connectivity index (χ3n) is 3.91. The molecule has 0 saturated carbocycles. The smallest absolute Gasteiger partial charge is 0.410 e. The van der Waals surface area contributed by atoms with E-state index in [9.17, 15) is 4.79 Å². The zero-order valence-corrected chi connectivity index (χ0v) is 15.9. The van der Waals surface area contributed by atoms with E-state index in [-0.39, 0.29) is 17.7 Å². The Morgan fingerprint density at radius 1 is 1.50 bits per heavy atom. The summed E-state index contributed by atoms with van der Waals surface area (Å²) in [6, 6.07) is 1.87. The Hall–Kier alpha value is -1.25. The predicted molar refractivity (Wildman–Crippen MR) is 93.6 cm³/mol. The molecule has 1 atom stereocenters. The Kier molecular flexibility index (Phi) is 5.83. The summed E-state index contributed by atoms with van der Waals surface area (Å²) in [6.45, 7) is 11.4. The molecule has 0 radical (unpaired) electrons. The van der Waals surface area contributed by atoms with Gasteiger partial charge in [-0.25, -0.2) is 4.79 Å². The molecule has 1 aromatic heterocycles. The standard InChI is InChI=1S/C16H28N4O3S/c1-15(2,3)23-14(21)19-11-12(10-16(19,4)5)22-9-8-20-13(24-17)6-7-18-20/h6-7,12H,8-11,17H2,1-5H3. The number of hydrogen-bond acceptors (Lipinski definition) is 6. The molecule has 1 amide bonds. The first-order chi connectivity index (χ1) is 11.1. The number of hydrogen-bond donors (Lipinski definition) is 1. The number of ether oxygens (including phenoxy) is 2. The topological polar surface area (TPSA) is 82.6 Å². The number of rotatable bonds is 5. The summed E-state index contributed by atoms with van der Waals surface area (Å²) in [6.07, 6.45) is 2.21. The van der Waals surface area contributed by atoms with Crippen LogP contribution in [0.4, 0.5) is 4.79 Å². The molecule has 0 aromatic carbocycles. The van der Waals surface area contributed by atoms with E-state index in [1.807, 2.05) is 45.4 Å². The Morgan fingerprint density at radius 3 is 2.83 bits per heavy atom. The van der Waals surface area contributed by atoms with E-state index in [0.717, 1.165) is 11.4 Å². The van der Waals surface area contributed by atoms with E-state index in [0.29, 0.717) is 19.7 Å². The van der Waals surface area contributed by atoms with Gasteiger partial charge in [0, 0.05) is 5.54 Å². The van der Waals surface area contributed by atoms with Crippen LogP contribution in [-0.2, 0) is 16.0 Å². The maximum atomic E-state index is 12.4. The van der Waals surface area contributed by atoms with Gasteiger partial charge in [0.15, 0.2) is 0 Å². The van der Waals surface area contributed by atoms with Crippen molar-refractivity contribution in [3.63, 3.8) is 0 Å². The molecule has 2 heterocycles. The van der Waals surface area contributed by atoms with E-state index >= 15 is 0 Å². The molecule has 0 spiro atoms. The SMILES string of the molecule is CC(C)(C)OC(=O)N1CC(OCCn2nccc2SN)CC1(C)C. The minimum atomic E-state index is -0.498. The molecular formula is C16H28N4O3S. The Balaban J connectivity index is 1.86. The second-order valence-electron chi connectivity index (χ2n) is 7.61. The van der Waals surface area contributed by atoms with Gasteiger partial charge in [0.1, 0.15) is 10.6 Å². The van der Waals surface area contributed by atoms with Crippen LogP contribution in [0.25, 0.3) is 0 Å². The molecule has 136 valence electrons. The van der Waals surface area contributed by atoms with Gasteiger partial charge in [0.2, 0.25) is 0 Å². The fraction of sp³-hybridized carbons (Fsp3) is 0.750. The molecule has 0 bridgehead atoms. The summed E-state index contributed by atoms with van der Waals surface area (Å²) in [5.74, 6) is 0. The van der Waals surface area contributed by atoms with Gasteiger partial charge in [-0.3, -0.25) is 9.82 Å². The highest BCUT2D eigenvalue weighted by Gasteiger charge is 2.43.